The first-order valence-corrected chi connectivity index (χ1v) is 8.68. The largest absolute Gasteiger partial charge is 0.154 e. The molecule has 0 aromatic rings. The van der Waals surface area contributed by atoms with Crippen molar-refractivity contribution in [2.45, 2.75) is 3.91 Å². The van der Waals surface area contributed by atoms with Crippen LogP contribution in [-0.2, 0) is 0 Å². The Morgan fingerprint density at radius 3 is 2.27 bits per heavy atom. The van der Waals surface area contributed by atoms with Crippen molar-refractivity contribution in [1.29, 1.82) is 0 Å². The molecule has 0 radical (unpaired) electrons. The maximum Gasteiger partial charge on any atom is 0.0907 e. The summed E-state index contributed by atoms with van der Waals surface area (Å²) in [5.41, 5.74) is 0. The molecule has 0 heterocycles. The topological polar surface area (TPSA) is 0 Å². The van der Waals surface area contributed by atoms with E-state index in [2.05, 4.69) is 31.5 Å². The molecule has 0 aliphatic rings. The molecule has 0 aromatic carbocycles. The highest BCUT2D eigenvalue weighted by atomic mass is 32.3. The summed E-state index contributed by atoms with van der Waals surface area (Å²) in [4.78, 5) is 0. The van der Waals surface area contributed by atoms with E-state index >= 15 is 0 Å². The van der Waals surface area contributed by atoms with Crippen molar-refractivity contribution in [3.05, 3.63) is 0 Å². The van der Waals surface area contributed by atoms with Crippen LogP contribution in [0.3, 0.4) is 0 Å². The van der Waals surface area contributed by atoms with Crippen molar-refractivity contribution in [1.82, 2.24) is 0 Å². The van der Waals surface area contributed by atoms with Gasteiger partial charge < -0.3 is 0 Å². The summed E-state index contributed by atoms with van der Waals surface area (Å²) in [6.45, 7) is 0. The molecule has 0 bridgehead atoms. The van der Waals surface area contributed by atoms with E-state index in [0.29, 0.717) is 0 Å². The lowest BCUT2D eigenvalue weighted by Gasteiger charge is -2.02. The van der Waals surface area contributed by atoms with Crippen LogP contribution in [0.15, 0.2) is 0 Å². The van der Waals surface area contributed by atoms with Crippen LogP contribution in [0, 0.1) is 0 Å². The summed E-state index contributed by atoms with van der Waals surface area (Å²) in [5.74, 6) is 0. The van der Waals surface area contributed by atoms with Crippen LogP contribution in [0.25, 0.3) is 0 Å². The zero-order chi connectivity index (χ0) is 8.53. The third kappa shape index (κ3) is 12.1. The van der Waals surface area contributed by atoms with Gasteiger partial charge in [0.25, 0.3) is 0 Å². The number of hydrogen-bond acceptors (Lipinski definition) is 6. The van der Waals surface area contributed by atoms with Crippen molar-refractivity contribution < 1.29 is 0 Å². The fourth-order valence-electron chi connectivity index (χ4n) is 0.319. The smallest absolute Gasteiger partial charge is 0.0907 e. The summed E-state index contributed by atoms with van der Waals surface area (Å²) in [6.07, 6.45) is 2.13. The minimum absolute atomic E-state index is 0.174. The summed E-state index contributed by atoms with van der Waals surface area (Å²) in [6, 6.07) is 0. The Morgan fingerprint density at radius 2 is 1.73 bits per heavy atom. The van der Waals surface area contributed by atoms with E-state index in [-0.39, 0.29) is 3.91 Å². The van der Waals surface area contributed by atoms with E-state index in [1.165, 1.54) is 10.2 Å². The molecule has 0 saturated carbocycles. The average Bonchev–Trinajstić information content (AvgIpc) is 1.96. The number of thiol groups is 2. The van der Waals surface area contributed by atoms with Crippen molar-refractivity contribution >= 4 is 72.3 Å². The quantitative estimate of drug-likeness (QED) is 0.410. The van der Waals surface area contributed by atoms with E-state index in [1.54, 1.807) is 11.8 Å². The van der Waals surface area contributed by atoms with Gasteiger partial charge in [0.15, 0.2) is 0 Å². The Balaban J connectivity index is 2.80. The van der Waals surface area contributed by atoms with Gasteiger partial charge in [0.05, 0.1) is 3.91 Å². The average molecular weight is 265 g/mol. The van der Waals surface area contributed by atoms with E-state index in [0.717, 1.165) is 5.08 Å². The predicted molar refractivity (Wildman–Crippen MR) is 72.6 cm³/mol. The Bertz CT molecular complexity index is 75.4. The Kier molecular flexibility index (Phi) is 12.1. The normalized spacial score (nSPS) is 10.9. The fraction of sp³-hybridized carbons (Fsp3) is 1.00. The van der Waals surface area contributed by atoms with E-state index in [9.17, 15) is 0 Å². The zero-order valence-corrected chi connectivity index (χ0v) is 11.3. The summed E-state index contributed by atoms with van der Waals surface area (Å²) in [7, 11) is 0. The van der Waals surface area contributed by atoms with Crippen LogP contribution in [0.5, 0.6) is 0 Å². The van der Waals surface area contributed by atoms with Crippen LogP contribution >= 0.6 is 72.3 Å². The second-order valence-electron chi connectivity index (χ2n) is 1.54. The summed E-state index contributed by atoms with van der Waals surface area (Å²) < 4.78 is 0.174. The van der Waals surface area contributed by atoms with Gasteiger partial charge >= 0.3 is 0 Å². The number of hydrogen-bond donors (Lipinski definition) is 2. The molecule has 0 aromatic heterocycles. The van der Waals surface area contributed by atoms with Gasteiger partial charge in [-0.3, -0.25) is 0 Å². The van der Waals surface area contributed by atoms with Crippen LogP contribution in [0.2, 0.25) is 0 Å². The van der Waals surface area contributed by atoms with Crippen molar-refractivity contribution in [3.8, 4) is 0 Å². The maximum absolute atomic E-state index is 4.14. The van der Waals surface area contributed by atoms with Crippen molar-refractivity contribution in [2.24, 2.45) is 0 Å². The highest BCUT2D eigenvalue weighted by Gasteiger charge is 1.95. The summed E-state index contributed by atoms with van der Waals surface area (Å²) in [5, 5.41) is 3.48. The maximum atomic E-state index is 4.14. The van der Waals surface area contributed by atoms with Gasteiger partial charge in [0.1, 0.15) is 0 Å². The summed E-state index contributed by atoms with van der Waals surface area (Å²) >= 11 is 15.8. The molecule has 0 fully saturated rings. The molecule has 0 amide bonds. The minimum Gasteiger partial charge on any atom is -0.154 e. The van der Waals surface area contributed by atoms with Gasteiger partial charge in [0.2, 0.25) is 0 Å². The molecule has 0 saturated heterocycles. The fourth-order valence-corrected chi connectivity index (χ4v) is 5.19. The van der Waals surface area contributed by atoms with Gasteiger partial charge in [-0.2, -0.15) is 37.0 Å². The molecule has 0 spiro atoms. The Morgan fingerprint density at radius 1 is 1.09 bits per heavy atom. The molecule has 0 atom stereocenters. The molecule has 6 heteroatoms. The lowest BCUT2D eigenvalue weighted by Crippen LogP contribution is -1.80. The molecule has 11 heavy (non-hydrogen) atoms. The molecule has 0 aliphatic carbocycles. The lowest BCUT2D eigenvalue weighted by atomic mass is 11.8. The molecule has 0 N–H and O–H groups in total. The molecule has 0 nitrogen and oxygen atoms in total. The van der Waals surface area contributed by atoms with E-state index < -0.39 is 0 Å². The highest BCUT2D eigenvalue weighted by Crippen LogP contribution is 2.25. The third-order valence-corrected chi connectivity index (χ3v) is 6.01. The molecule has 0 aliphatic heterocycles. The highest BCUT2D eigenvalue weighted by molar-refractivity contribution is 8.30. The zero-order valence-electron chi connectivity index (χ0n) is 6.23. The Hall–Kier alpha value is 2.10. The van der Waals surface area contributed by atoms with Gasteiger partial charge in [-0.05, 0) is 6.26 Å². The van der Waals surface area contributed by atoms with Crippen LogP contribution in [-0.4, -0.2) is 25.4 Å². The second kappa shape index (κ2) is 10.2. The van der Waals surface area contributed by atoms with Crippen LogP contribution in [0.4, 0.5) is 0 Å². The third-order valence-electron chi connectivity index (χ3n) is 0.668. The van der Waals surface area contributed by atoms with Gasteiger partial charge in [-0.25, -0.2) is 0 Å². The molecule has 0 unspecified atom stereocenters. The SMILES string of the molecule is CSCSCSCSC(S)S. The van der Waals surface area contributed by atoms with Gasteiger partial charge in [0, 0.05) is 15.3 Å². The van der Waals surface area contributed by atoms with Gasteiger partial charge in [-0.1, -0.05) is 0 Å². The van der Waals surface area contributed by atoms with E-state index in [1.807, 2.05) is 35.3 Å². The van der Waals surface area contributed by atoms with Gasteiger partial charge in [-0.15, -0.1) is 35.3 Å². The van der Waals surface area contributed by atoms with Crippen molar-refractivity contribution in [3.63, 3.8) is 0 Å². The van der Waals surface area contributed by atoms with Crippen LogP contribution < -0.4 is 0 Å². The lowest BCUT2D eigenvalue weighted by molar-refractivity contribution is 2.04. The van der Waals surface area contributed by atoms with Crippen molar-refractivity contribution in [2.75, 3.05) is 21.5 Å². The molecule has 0 rings (SSSR count). The number of rotatable bonds is 7. The number of thioether (sulfide) groups is 4. The first-order chi connectivity index (χ1) is 5.27. The predicted octanol–water partition coefficient (Wildman–Crippen LogP) is 3.56. The monoisotopic (exact) mass is 264 g/mol. The first-order valence-electron chi connectivity index (χ1n) is 2.89. The Labute approximate surface area is 97.0 Å². The van der Waals surface area contributed by atoms with E-state index in [4.69, 9.17) is 0 Å². The second-order valence-corrected chi connectivity index (χ2v) is 8.71. The molecule has 68 valence electrons. The molecular weight excluding hydrogens is 252 g/mol. The molecular formula is C5H12S6. The van der Waals surface area contributed by atoms with Crippen LogP contribution in [0.1, 0.15) is 0 Å². The standard InChI is InChI=1S/C5H12S6/c1-8-2-9-3-10-4-11-5(6)7/h5-7H,2-4H2,1H3. The minimum atomic E-state index is 0.174. The first kappa shape index (κ1) is 13.1.